The molecule has 1 aliphatic heterocycles. The summed E-state index contributed by atoms with van der Waals surface area (Å²) < 4.78 is 4.94. The normalized spacial score (nSPS) is 18.1. The first-order valence-electron chi connectivity index (χ1n) is 9.22. The second kappa shape index (κ2) is 7.85. The molecule has 8 heteroatoms. The van der Waals surface area contributed by atoms with Crippen LogP contribution in [0.5, 0.6) is 0 Å². The number of nitrogens with one attached hydrogen (secondary N) is 2. The lowest BCUT2D eigenvalue weighted by Gasteiger charge is -2.30. The molecule has 2 N–H and O–H groups in total. The van der Waals surface area contributed by atoms with Gasteiger partial charge < -0.3 is 20.3 Å². The van der Waals surface area contributed by atoms with Gasteiger partial charge in [-0.3, -0.25) is 9.69 Å². The molecule has 1 heterocycles. The van der Waals surface area contributed by atoms with Gasteiger partial charge in [-0.25, -0.2) is 9.59 Å². The zero-order valence-electron chi connectivity index (χ0n) is 15.8. The van der Waals surface area contributed by atoms with Crippen LogP contribution in [0.1, 0.15) is 25.7 Å². The number of hydrogen-bond donors (Lipinski definition) is 2. The lowest BCUT2D eigenvalue weighted by atomic mass is 9.84. The number of carbonyl (C=O) groups excluding carboxylic acids is 3. The van der Waals surface area contributed by atoms with Crippen LogP contribution < -0.4 is 15.5 Å². The second-order valence-corrected chi connectivity index (χ2v) is 7.31. The predicted molar refractivity (Wildman–Crippen MR) is 102 cm³/mol. The fourth-order valence-electron chi connectivity index (χ4n) is 3.80. The molecule has 2 fully saturated rings. The maximum Gasteiger partial charge on any atom is 0.414 e. The molecule has 4 amide bonds. The van der Waals surface area contributed by atoms with Crippen LogP contribution >= 0.6 is 0 Å². The Kier molecular flexibility index (Phi) is 5.53. The van der Waals surface area contributed by atoms with E-state index in [0.717, 1.165) is 25.7 Å². The average Bonchev–Trinajstić information content (AvgIpc) is 3.29. The summed E-state index contributed by atoms with van der Waals surface area (Å²) in [7, 11) is 3.49. The molecule has 8 nitrogen and oxygen atoms in total. The number of anilines is 2. The Hall–Kier alpha value is -2.77. The standard InChI is InChI=1S/C19H26N4O4/c1-22(2)16(24)19(8-3-4-9-19)13-20-17(25)21-14-6-5-7-15(12-14)23-10-11-27-18(23)26/h5-7,12H,3-4,8-11,13H2,1-2H3,(H2,20,21,25). The van der Waals surface area contributed by atoms with Gasteiger partial charge in [0.25, 0.3) is 0 Å². The Morgan fingerprint density at radius 1 is 1.26 bits per heavy atom. The first-order valence-corrected chi connectivity index (χ1v) is 9.22. The number of urea groups is 1. The van der Waals surface area contributed by atoms with E-state index in [0.29, 0.717) is 31.1 Å². The Morgan fingerprint density at radius 2 is 2.00 bits per heavy atom. The van der Waals surface area contributed by atoms with Crippen molar-refractivity contribution in [2.24, 2.45) is 5.41 Å². The van der Waals surface area contributed by atoms with Gasteiger partial charge in [0.1, 0.15) is 6.61 Å². The number of benzene rings is 1. The lowest BCUT2D eigenvalue weighted by molar-refractivity contribution is -0.138. The van der Waals surface area contributed by atoms with Crippen LogP contribution in [-0.2, 0) is 9.53 Å². The van der Waals surface area contributed by atoms with Crippen LogP contribution in [0, 0.1) is 5.41 Å². The molecule has 0 bridgehead atoms. The van der Waals surface area contributed by atoms with Gasteiger partial charge in [-0.2, -0.15) is 0 Å². The van der Waals surface area contributed by atoms with Crippen LogP contribution in [0.4, 0.5) is 21.0 Å². The minimum absolute atomic E-state index is 0.0647. The van der Waals surface area contributed by atoms with Crippen LogP contribution in [0.15, 0.2) is 24.3 Å². The number of carbonyl (C=O) groups is 3. The molecule has 1 aliphatic carbocycles. The van der Waals surface area contributed by atoms with Crippen molar-refractivity contribution in [1.82, 2.24) is 10.2 Å². The Morgan fingerprint density at radius 3 is 2.63 bits per heavy atom. The number of nitrogens with zero attached hydrogens (tertiary/aromatic N) is 2. The summed E-state index contributed by atoms with van der Waals surface area (Å²) in [5, 5.41) is 5.62. The predicted octanol–water partition coefficient (Wildman–Crippen LogP) is 2.41. The van der Waals surface area contributed by atoms with Gasteiger partial charge in [0.15, 0.2) is 0 Å². The third-order valence-electron chi connectivity index (χ3n) is 5.18. The molecule has 0 radical (unpaired) electrons. The van der Waals surface area contributed by atoms with E-state index in [4.69, 9.17) is 4.74 Å². The Labute approximate surface area is 158 Å². The van der Waals surface area contributed by atoms with E-state index in [2.05, 4.69) is 10.6 Å². The van der Waals surface area contributed by atoms with E-state index in [1.54, 1.807) is 43.3 Å². The van der Waals surface area contributed by atoms with Crippen LogP contribution in [-0.4, -0.2) is 56.7 Å². The first kappa shape index (κ1) is 19.0. The Bertz CT molecular complexity index is 728. The van der Waals surface area contributed by atoms with Gasteiger partial charge in [-0.05, 0) is 31.0 Å². The van der Waals surface area contributed by atoms with Crippen LogP contribution in [0.2, 0.25) is 0 Å². The van der Waals surface area contributed by atoms with Gasteiger partial charge in [0, 0.05) is 32.0 Å². The molecule has 2 aliphatic rings. The molecular weight excluding hydrogens is 348 g/mol. The smallest absolute Gasteiger partial charge is 0.414 e. The highest BCUT2D eigenvalue weighted by Gasteiger charge is 2.42. The minimum atomic E-state index is -0.512. The lowest BCUT2D eigenvalue weighted by Crippen LogP contribution is -2.47. The minimum Gasteiger partial charge on any atom is -0.447 e. The number of hydrogen-bond acceptors (Lipinski definition) is 4. The molecule has 0 aromatic heterocycles. The van der Waals surface area contributed by atoms with Crippen molar-refractivity contribution in [1.29, 1.82) is 0 Å². The second-order valence-electron chi connectivity index (χ2n) is 7.31. The summed E-state index contributed by atoms with van der Waals surface area (Å²) in [6.45, 7) is 1.16. The third kappa shape index (κ3) is 4.15. The average molecular weight is 374 g/mol. The van der Waals surface area contributed by atoms with E-state index < -0.39 is 5.41 Å². The summed E-state index contributed by atoms with van der Waals surface area (Å²) in [5.41, 5.74) is 0.733. The van der Waals surface area contributed by atoms with Gasteiger partial charge >= 0.3 is 12.1 Å². The SMILES string of the molecule is CN(C)C(=O)C1(CNC(=O)Nc2cccc(N3CCOC3=O)c2)CCCC1. The molecule has 1 aromatic rings. The number of rotatable bonds is 5. The van der Waals surface area contributed by atoms with Gasteiger partial charge in [0.05, 0.1) is 12.0 Å². The maximum absolute atomic E-state index is 12.6. The highest BCUT2D eigenvalue weighted by molar-refractivity contribution is 5.93. The molecule has 1 aromatic carbocycles. The van der Waals surface area contributed by atoms with Gasteiger partial charge in [-0.15, -0.1) is 0 Å². The van der Waals surface area contributed by atoms with Crippen molar-refractivity contribution >= 4 is 29.4 Å². The fraction of sp³-hybridized carbons (Fsp3) is 0.526. The zero-order chi connectivity index (χ0) is 19.4. The largest absolute Gasteiger partial charge is 0.447 e. The van der Waals surface area contributed by atoms with Crippen molar-refractivity contribution in [2.75, 3.05) is 44.0 Å². The highest BCUT2D eigenvalue weighted by atomic mass is 16.6. The summed E-state index contributed by atoms with van der Waals surface area (Å²) in [5.74, 6) is 0.0647. The van der Waals surface area contributed by atoms with Crippen molar-refractivity contribution in [3.05, 3.63) is 24.3 Å². The highest BCUT2D eigenvalue weighted by Crippen LogP contribution is 2.39. The monoisotopic (exact) mass is 374 g/mol. The van der Waals surface area contributed by atoms with Crippen molar-refractivity contribution in [3.8, 4) is 0 Å². The van der Waals surface area contributed by atoms with E-state index in [1.807, 2.05) is 0 Å². The summed E-state index contributed by atoms with van der Waals surface area (Å²) in [6, 6.07) is 6.67. The molecule has 0 spiro atoms. The quantitative estimate of drug-likeness (QED) is 0.828. The van der Waals surface area contributed by atoms with Crippen molar-refractivity contribution in [3.63, 3.8) is 0 Å². The van der Waals surface area contributed by atoms with E-state index >= 15 is 0 Å². The van der Waals surface area contributed by atoms with Gasteiger partial charge in [0.2, 0.25) is 5.91 Å². The number of ether oxygens (including phenoxy) is 1. The summed E-state index contributed by atoms with van der Waals surface area (Å²) >= 11 is 0. The molecule has 1 saturated heterocycles. The fourth-order valence-corrected chi connectivity index (χ4v) is 3.80. The molecule has 146 valence electrons. The molecule has 27 heavy (non-hydrogen) atoms. The van der Waals surface area contributed by atoms with Crippen molar-refractivity contribution in [2.45, 2.75) is 25.7 Å². The summed E-state index contributed by atoms with van der Waals surface area (Å²) in [6.07, 6.45) is 3.18. The summed E-state index contributed by atoms with van der Waals surface area (Å²) in [4.78, 5) is 39.7. The zero-order valence-corrected chi connectivity index (χ0v) is 15.8. The van der Waals surface area contributed by atoms with Crippen molar-refractivity contribution < 1.29 is 19.1 Å². The van der Waals surface area contributed by atoms with E-state index in [-0.39, 0.29) is 18.0 Å². The number of cyclic esters (lactones) is 1. The van der Waals surface area contributed by atoms with E-state index in [1.165, 1.54) is 4.90 Å². The third-order valence-corrected chi connectivity index (χ3v) is 5.18. The molecular formula is C19H26N4O4. The maximum atomic E-state index is 12.6. The Balaban J connectivity index is 1.61. The molecule has 3 rings (SSSR count). The topological polar surface area (TPSA) is 91.0 Å². The molecule has 1 saturated carbocycles. The molecule has 0 unspecified atom stereocenters. The first-order chi connectivity index (χ1) is 12.9. The molecule has 0 atom stereocenters. The van der Waals surface area contributed by atoms with Crippen LogP contribution in [0.25, 0.3) is 0 Å². The van der Waals surface area contributed by atoms with Gasteiger partial charge in [-0.1, -0.05) is 18.9 Å². The van der Waals surface area contributed by atoms with E-state index in [9.17, 15) is 14.4 Å². The number of amides is 4. The van der Waals surface area contributed by atoms with Crippen LogP contribution in [0.3, 0.4) is 0 Å².